The Bertz CT molecular complexity index is 340. The van der Waals surface area contributed by atoms with Gasteiger partial charge < -0.3 is 5.11 Å². The van der Waals surface area contributed by atoms with Gasteiger partial charge in [-0.05, 0) is 32.1 Å². The molecule has 0 bridgehead atoms. The molecule has 1 aliphatic heterocycles. The normalized spacial score (nSPS) is 31.1. The highest BCUT2D eigenvalue weighted by molar-refractivity contribution is 6.05. The largest absolute Gasteiger partial charge is 0.388 e. The Kier molecular flexibility index (Phi) is 3.49. The Morgan fingerprint density at radius 1 is 1.28 bits per heavy atom. The van der Waals surface area contributed by atoms with Crippen LogP contribution in [0.1, 0.15) is 46.5 Å². The number of imide groups is 1. The molecule has 4 heteroatoms. The molecule has 0 aromatic carbocycles. The van der Waals surface area contributed by atoms with Gasteiger partial charge in [0.1, 0.15) is 0 Å². The topological polar surface area (TPSA) is 57.6 Å². The van der Waals surface area contributed by atoms with Crippen LogP contribution in [-0.2, 0) is 9.59 Å². The molecule has 1 N–H and O–H groups in total. The summed E-state index contributed by atoms with van der Waals surface area (Å²) in [6.45, 7) is 5.91. The summed E-state index contributed by atoms with van der Waals surface area (Å²) in [5.74, 6) is 0.00469. The van der Waals surface area contributed by atoms with Crippen molar-refractivity contribution in [3.8, 4) is 0 Å². The molecule has 3 unspecified atom stereocenters. The van der Waals surface area contributed by atoms with E-state index in [1.165, 1.54) is 4.90 Å². The number of amides is 2. The van der Waals surface area contributed by atoms with Crippen molar-refractivity contribution in [2.45, 2.75) is 52.1 Å². The van der Waals surface area contributed by atoms with E-state index in [9.17, 15) is 14.7 Å². The van der Waals surface area contributed by atoms with Gasteiger partial charge in [0.05, 0.1) is 24.0 Å². The van der Waals surface area contributed by atoms with Gasteiger partial charge in [0, 0.05) is 0 Å². The fourth-order valence-corrected chi connectivity index (χ4v) is 3.50. The maximum absolute atomic E-state index is 12.2. The molecule has 1 saturated carbocycles. The molecule has 1 heterocycles. The van der Waals surface area contributed by atoms with Crippen LogP contribution in [0, 0.1) is 17.8 Å². The minimum atomic E-state index is -0.974. The van der Waals surface area contributed by atoms with Gasteiger partial charge >= 0.3 is 0 Å². The number of likely N-dealkylation sites (tertiary alicyclic amines) is 1. The zero-order valence-corrected chi connectivity index (χ0v) is 11.5. The summed E-state index contributed by atoms with van der Waals surface area (Å²) < 4.78 is 0. The van der Waals surface area contributed by atoms with Crippen LogP contribution in [0.4, 0.5) is 0 Å². The molecule has 0 spiro atoms. The lowest BCUT2D eigenvalue weighted by atomic mass is 9.94. The van der Waals surface area contributed by atoms with Gasteiger partial charge in [0.25, 0.3) is 0 Å². The van der Waals surface area contributed by atoms with Crippen molar-refractivity contribution in [2.24, 2.45) is 17.8 Å². The van der Waals surface area contributed by atoms with Crippen molar-refractivity contribution in [3.63, 3.8) is 0 Å². The summed E-state index contributed by atoms with van der Waals surface area (Å²) in [7, 11) is 0. The predicted octanol–water partition coefficient (Wildman–Crippen LogP) is 1.57. The molecular formula is C14H23NO3. The quantitative estimate of drug-likeness (QED) is 0.774. The molecular weight excluding hydrogens is 230 g/mol. The maximum atomic E-state index is 12.2. The summed E-state index contributed by atoms with van der Waals surface area (Å²) >= 11 is 0. The average Bonchev–Trinajstić information content (AvgIpc) is 2.77. The van der Waals surface area contributed by atoms with E-state index in [4.69, 9.17) is 0 Å². The Hall–Kier alpha value is -0.900. The molecule has 0 aromatic heterocycles. The van der Waals surface area contributed by atoms with Crippen LogP contribution in [0.2, 0.25) is 0 Å². The molecule has 102 valence electrons. The number of aliphatic hydroxyl groups is 1. The molecule has 2 fully saturated rings. The van der Waals surface area contributed by atoms with Crippen molar-refractivity contribution in [1.29, 1.82) is 0 Å². The number of carbonyl (C=O) groups is 2. The molecule has 2 amide bonds. The lowest BCUT2D eigenvalue weighted by Crippen LogP contribution is -2.45. The molecule has 1 aliphatic carbocycles. The van der Waals surface area contributed by atoms with Crippen molar-refractivity contribution in [2.75, 3.05) is 6.54 Å². The third-order valence-electron chi connectivity index (χ3n) is 4.03. The minimum absolute atomic E-state index is 0.0634. The van der Waals surface area contributed by atoms with Crippen LogP contribution in [0.3, 0.4) is 0 Å². The number of nitrogens with zero attached hydrogens (tertiary/aromatic N) is 1. The Morgan fingerprint density at radius 2 is 1.78 bits per heavy atom. The number of hydrogen-bond donors (Lipinski definition) is 1. The third kappa shape index (κ3) is 2.44. The zero-order chi connectivity index (χ0) is 13.5. The molecule has 0 aromatic rings. The molecule has 0 radical (unpaired) electrons. The van der Waals surface area contributed by atoms with E-state index < -0.39 is 5.60 Å². The lowest BCUT2D eigenvalue weighted by Gasteiger charge is -2.29. The van der Waals surface area contributed by atoms with Crippen molar-refractivity contribution in [3.05, 3.63) is 0 Å². The second-order valence-electron chi connectivity index (χ2n) is 6.50. The SMILES string of the molecule is CC(C)CC(C)(O)CN1C(=O)C2CCCC2C1=O. The van der Waals surface area contributed by atoms with Gasteiger partial charge in [-0.25, -0.2) is 0 Å². The first-order valence-electron chi connectivity index (χ1n) is 6.89. The standard InChI is InChI=1S/C14H23NO3/c1-9(2)7-14(3,18)8-15-12(16)10-5-4-6-11(10)13(15)17/h9-11,18H,4-8H2,1-3H3. The molecule has 2 rings (SSSR count). The van der Waals surface area contributed by atoms with Crippen molar-refractivity contribution in [1.82, 2.24) is 4.90 Å². The van der Waals surface area contributed by atoms with E-state index in [0.29, 0.717) is 12.3 Å². The average molecular weight is 253 g/mol. The maximum Gasteiger partial charge on any atom is 0.233 e. The van der Waals surface area contributed by atoms with E-state index in [1.807, 2.05) is 13.8 Å². The lowest BCUT2D eigenvalue weighted by molar-refractivity contribution is -0.144. The molecule has 4 nitrogen and oxygen atoms in total. The van der Waals surface area contributed by atoms with Crippen molar-refractivity contribution < 1.29 is 14.7 Å². The third-order valence-corrected chi connectivity index (χ3v) is 4.03. The van der Waals surface area contributed by atoms with Crippen LogP contribution >= 0.6 is 0 Å². The Balaban J connectivity index is 2.06. The van der Waals surface area contributed by atoms with E-state index in [2.05, 4.69) is 0 Å². The fraction of sp³-hybridized carbons (Fsp3) is 0.857. The summed E-state index contributed by atoms with van der Waals surface area (Å²) in [4.78, 5) is 25.6. The molecule has 3 atom stereocenters. The first-order chi connectivity index (χ1) is 8.32. The highest BCUT2D eigenvalue weighted by Gasteiger charge is 2.50. The number of β-amino-alcohol motifs (C(OH)–C–C–N with tert-alkyl or cyclic N) is 1. The van der Waals surface area contributed by atoms with Crippen LogP contribution in [-0.4, -0.2) is 34.0 Å². The highest BCUT2D eigenvalue weighted by Crippen LogP contribution is 2.40. The first-order valence-corrected chi connectivity index (χ1v) is 6.89. The zero-order valence-electron chi connectivity index (χ0n) is 11.5. The number of fused-ring (bicyclic) bond motifs is 1. The molecule has 1 saturated heterocycles. The van der Waals surface area contributed by atoms with Gasteiger partial charge in [-0.1, -0.05) is 20.3 Å². The second-order valence-corrected chi connectivity index (χ2v) is 6.50. The van der Waals surface area contributed by atoms with Crippen LogP contribution in [0.15, 0.2) is 0 Å². The monoisotopic (exact) mass is 253 g/mol. The van der Waals surface area contributed by atoms with Crippen LogP contribution in [0.25, 0.3) is 0 Å². The van der Waals surface area contributed by atoms with E-state index in [-0.39, 0.29) is 30.2 Å². The predicted molar refractivity (Wildman–Crippen MR) is 67.6 cm³/mol. The number of hydrogen-bond acceptors (Lipinski definition) is 3. The second kappa shape index (κ2) is 4.65. The Labute approximate surface area is 108 Å². The number of rotatable bonds is 4. The first kappa shape index (κ1) is 13.5. The van der Waals surface area contributed by atoms with E-state index >= 15 is 0 Å². The van der Waals surface area contributed by atoms with Gasteiger partial charge in [-0.2, -0.15) is 0 Å². The minimum Gasteiger partial charge on any atom is -0.388 e. The Morgan fingerprint density at radius 3 is 2.22 bits per heavy atom. The summed E-state index contributed by atoms with van der Waals surface area (Å²) in [5.41, 5.74) is -0.974. The smallest absolute Gasteiger partial charge is 0.233 e. The highest BCUT2D eigenvalue weighted by atomic mass is 16.3. The van der Waals surface area contributed by atoms with Crippen LogP contribution in [0.5, 0.6) is 0 Å². The number of carbonyl (C=O) groups excluding carboxylic acids is 2. The van der Waals surface area contributed by atoms with Crippen molar-refractivity contribution >= 4 is 11.8 Å². The summed E-state index contributed by atoms with van der Waals surface area (Å²) in [6.07, 6.45) is 3.23. The summed E-state index contributed by atoms with van der Waals surface area (Å²) in [6, 6.07) is 0. The fourth-order valence-electron chi connectivity index (χ4n) is 3.50. The molecule has 2 aliphatic rings. The molecule has 18 heavy (non-hydrogen) atoms. The van der Waals surface area contributed by atoms with Gasteiger partial charge in [0.2, 0.25) is 11.8 Å². The van der Waals surface area contributed by atoms with E-state index in [1.54, 1.807) is 6.92 Å². The van der Waals surface area contributed by atoms with Gasteiger partial charge in [-0.15, -0.1) is 0 Å². The summed E-state index contributed by atoms with van der Waals surface area (Å²) in [5, 5.41) is 10.3. The van der Waals surface area contributed by atoms with Gasteiger partial charge in [-0.3, -0.25) is 14.5 Å². The van der Waals surface area contributed by atoms with Crippen LogP contribution < -0.4 is 0 Å². The van der Waals surface area contributed by atoms with E-state index in [0.717, 1.165) is 19.3 Å². The van der Waals surface area contributed by atoms with Gasteiger partial charge in [0.15, 0.2) is 0 Å².